The van der Waals surface area contributed by atoms with Gasteiger partial charge in [-0.1, -0.05) is 0 Å². The molecule has 6 heavy (non-hydrogen) atoms. The van der Waals surface area contributed by atoms with Crippen molar-refractivity contribution in [3.05, 3.63) is 0 Å². The largest absolute Gasteiger partial charge is 0.575 e. The van der Waals surface area contributed by atoms with Crippen LogP contribution in [-0.2, 0) is 4.74 Å². The van der Waals surface area contributed by atoms with E-state index in [0.29, 0.717) is 0 Å². The van der Waals surface area contributed by atoms with E-state index in [1.165, 1.54) is 0 Å². The van der Waals surface area contributed by atoms with Crippen molar-refractivity contribution in [2.45, 2.75) is 0 Å². The number of hydrogen-bond acceptors (Lipinski definition) is 1. The molecule has 0 bridgehead atoms. The van der Waals surface area contributed by atoms with Crippen LogP contribution in [0.2, 0.25) is 0 Å². The predicted octanol–water partition coefficient (Wildman–Crippen LogP) is 0.565. The Bertz CT molecular complexity index is 64.6. The molecule has 1 nitrogen and oxygen atoms in total. The third-order valence-electron chi connectivity index (χ3n) is 0.241. The molecule has 30 valence electrons. The van der Waals surface area contributed by atoms with Crippen LogP contribution < -0.4 is 0 Å². The first-order valence-electron chi connectivity index (χ1n) is 1.48. The Morgan fingerprint density at radius 2 is 2.50 bits per heavy atom. The van der Waals surface area contributed by atoms with Gasteiger partial charge < -0.3 is 4.74 Å². The zero-order valence-electron chi connectivity index (χ0n) is 3.49. The maximum absolute atomic E-state index is 4.43. The van der Waals surface area contributed by atoms with Gasteiger partial charge in [0.25, 0.3) is 0 Å². The summed E-state index contributed by atoms with van der Waals surface area (Å²) in [5.74, 6) is 0. The molecule has 0 rings (SSSR count). The van der Waals surface area contributed by atoms with E-state index in [0.717, 1.165) is 0 Å². The van der Waals surface area contributed by atoms with Crippen molar-refractivity contribution in [1.29, 1.82) is 0 Å². The summed E-state index contributed by atoms with van der Waals surface area (Å²) >= 11 is 2.97. The lowest BCUT2D eigenvalue weighted by molar-refractivity contribution is 0.372. The lowest BCUT2D eigenvalue weighted by Gasteiger charge is -1.72. The number of halogens is 1. The first-order valence-corrected chi connectivity index (χ1v) is 6.09. The van der Waals surface area contributed by atoms with Crippen LogP contribution in [0.1, 0.15) is 0 Å². The van der Waals surface area contributed by atoms with Gasteiger partial charge in [-0.2, -0.15) is 0 Å². The van der Waals surface area contributed by atoms with Crippen molar-refractivity contribution in [3.63, 3.8) is 0 Å². The summed E-state index contributed by atoms with van der Waals surface area (Å²) in [5, 5.41) is 0. The third kappa shape index (κ3) is 4.61. The molecule has 0 amide bonds. The average molecular weight is 159 g/mol. The highest BCUT2D eigenvalue weighted by atomic mass is 79.9. The summed E-state index contributed by atoms with van der Waals surface area (Å²) < 4.78 is 7.21. The monoisotopic (exact) mass is 158 g/mol. The van der Waals surface area contributed by atoms with E-state index in [4.69, 9.17) is 0 Å². The molecule has 0 aliphatic rings. The minimum atomic E-state index is -0.271. The van der Waals surface area contributed by atoms with Crippen LogP contribution in [-0.4, -0.2) is 25.3 Å². The van der Waals surface area contributed by atoms with Crippen molar-refractivity contribution in [2.75, 3.05) is 7.11 Å². The molecule has 0 aromatic heterocycles. The molecule has 0 spiro atoms. The SMILES string of the molecule is COC#[C][Mg][Br]. The number of methoxy groups -OCH3 is 1. The van der Waals surface area contributed by atoms with E-state index in [-0.39, 0.29) is 18.2 Å². The van der Waals surface area contributed by atoms with Gasteiger partial charge in [0.05, 0.1) is 13.2 Å². The summed E-state index contributed by atoms with van der Waals surface area (Å²) in [5.41, 5.74) is 0. The van der Waals surface area contributed by atoms with Crippen LogP contribution in [0.25, 0.3) is 0 Å². The Morgan fingerprint density at radius 3 is 2.67 bits per heavy atom. The second kappa shape index (κ2) is 5.61. The fourth-order valence-electron chi connectivity index (χ4n) is 0.0994. The Labute approximate surface area is 53.0 Å². The van der Waals surface area contributed by atoms with Crippen molar-refractivity contribution in [3.8, 4) is 10.2 Å². The molecule has 0 atom stereocenters. The van der Waals surface area contributed by atoms with Crippen LogP contribution in [0.5, 0.6) is 0 Å². The zero-order chi connectivity index (χ0) is 4.83. The standard InChI is InChI=1S/C3H3O.BrH.Mg/c1-3-4-2;;/h2H3;1H;/q;;+1/p-1. The zero-order valence-corrected chi connectivity index (χ0v) is 6.49. The molecule has 0 heterocycles. The van der Waals surface area contributed by atoms with E-state index >= 15 is 0 Å². The van der Waals surface area contributed by atoms with Crippen LogP contribution in [0.3, 0.4) is 0 Å². The molecule has 0 aliphatic heterocycles. The van der Waals surface area contributed by atoms with Crippen LogP contribution in [0.15, 0.2) is 0 Å². The summed E-state index contributed by atoms with van der Waals surface area (Å²) in [6.45, 7) is 0. The molecule has 0 aromatic rings. The molecule has 0 unspecified atom stereocenters. The predicted molar refractivity (Wildman–Crippen MR) is 29.5 cm³/mol. The molecule has 0 saturated heterocycles. The number of hydrogen-bond donors (Lipinski definition) is 0. The Kier molecular flexibility index (Phi) is 6.17. The van der Waals surface area contributed by atoms with E-state index < -0.39 is 0 Å². The van der Waals surface area contributed by atoms with Gasteiger partial charge in [0.1, 0.15) is 0 Å². The van der Waals surface area contributed by atoms with E-state index in [1.807, 2.05) is 0 Å². The van der Waals surface area contributed by atoms with Crippen molar-refractivity contribution in [1.82, 2.24) is 0 Å². The lowest BCUT2D eigenvalue weighted by atomic mass is 11.2. The first-order chi connectivity index (χ1) is 2.91. The molecule has 0 N–H and O–H groups in total. The minimum Gasteiger partial charge on any atom is -0.452 e. The fourth-order valence-corrected chi connectivity index (χ4v) is 0.642. The first kappa shape index (κ1) is 6.61. The summed E-state index contributed by atoms with van der Waals surface area (Å²) in [6.07, 6.45) is 2.46. The van der Waals surface area contributed by atoms with E-state index in [2.05, 4.69) is 27.8 Å². The normalized spacial score (nSPS) is 4.33. The maximum Gasteiger partial charge on any atom is 0.575 e. The molecule has 3 heteroatoms. The average Bonchev–Trinajstić information content (AvgIpc) is 1.61. The van der Waals surface area contributed by atoms with Gasteiger partial charge in [0.2, 0.25) is 0 Å². The van der Waals surface area contributed by atoms with Gasteiger partial charge in [0, 0.05) is 0 Å². The third-order valence-corrected chi connectivity index (χ3v) is 1.36. The molecule has 0 aromatic carbocycles. The Balaban J connectivity index is 2.90. The van der Waals surface area contributed by atoms with Gasteiger partial charge in [-0.15, -0.1) is 0 Å². The van der Waals surface area contributed by atoms with Gasteiger partial charge in [-0.25, -0.2) is 4.05 Å². The highest BCUT2D eigenvalue weighted by Gasteiger charge is 1.71. The second-order valence-corrected chi connectivity index (χ2v) is 2.92. The molecular weight excluding hydrogens is 156 g/mol. The Hall–Kier alpha value is 0.606. The van der Waals surface area contributed by atoms with E-state index in [1.54, 1.807) is 7.11 Å². The highest BCUT2D eigenvalue weighted by Crippen LogP contribution is 1.66. The van der Waals surface area contributed by atoms with Crippen LogP contribution in [0, 0.1) is 10.2 Å². The highest BCUT2D eigenvalue weighted by molar-refractivity contribution is 9.23. The molecular formula is C3H3BrMgO. The minimum absolute atomic E-state index is 0.271. The van der Waals surface area contributed by atoms with E-state index in [9.17, 15) is 0 Å². The number of rotatable bonds is 0. The van der Waals surface area contributed by atoms with Crippen LogP contribution >= 0.6 is 12.9 Å². The molecule has 0 saturated carbocycles. The molecule has 0 radical (unpaired) electrons. The molecule has 0 fully saturated rings. The summed E-state index contributed by atoms with van der Waals surface area (Å²) in [4.78, 5) is 0. The Morgan fingerprint density at radius 1 is 1.83 bits per heavy atom. The number of ether oxygens (including phenoxy) is 1. The van der Waals surface area contributed by atoms with Crippen molar-refractivity contribution < 1.29 is 4.74 Å². The smallest absolute Gasteiger partial charge is 0.452 e. The van der Waals surface area contributed by atoms with Crippen LogP contribution in [0.4, 0.5) is 0 Å². The molecule has 0 aliphatic carbocycles. The second-order valence-electron chi connectivity index (χ2n) is 0.617. The van der Waals surface area contributed by atoms with Gasteiger partial charge in [-0.3, -0.25) is 12.9 Å². The van der Waals surface area contributed by atoms with Crippen molar-refractivity contribution >= 4 is 31.1 Å². The topological polar surface area (TPSA) is 9.23 Å². The van der Waals surface area contributed by atoms with Gasteiger partial charge in [-0.05, 0) is 0 Å². The fraction of sp³-hybridized carbons (Fsp3) is 0.333. The van der Waals surface area contributed by atoms with Gasteiger partial charge in [0.15, 0.2) is 0 Å². The quantitative estimate of drug-likeness (QED) is 0.371. The summed E-state index contributed by atoms with van der Waals surface area (Å²) in [7, 11) is 1.56. The van der Waals surface area contributed by atoms with Crippen molar-refractivity contribution in [2.24, 2.45) is 0 Å². The maximum atomic E-state index is 4.43. The summed E-state index contributed by atoms with van der Waals surface area (Å²) in [6, 6.07) is 0. The van der Waals surface area contributed by atoms with Gasteiger partial charge >= 0.3 is 18.2 Å². The lowest BCUT2D eigenvalue weighted by Crippen LogP contribution is -1.67.